The van der Waals surface area contributed by atoms with E-state index in [2.05, 4.69) is 175 Å². The van der Waals surface area contributed by atoms with Gasteiger partial charge in [-0.1, -0.05) is 146 Å². The fourth-order valence-electron chi connectivity index (χ4n) is 9.21. The van der Waals surface area contributed by atoms with Crippen LogP contribution in [0.5, 0.6) is 0 Å². The number of nitrogens with zero attached hydrogens (tertiary/aromatic N) is 2. The molecule has 228 valence electrons. The molecule has 0 saturated heterocycles. The molecule has 1 aromatic heterocycles. The van der Waals surface area contributed by atoms with E-state index in [9.17, 15) is 0 Å². The highest BCUT2D eigenvalue weighted by Gasteiger charge is 2.52. The average Bonchev–Trinajstić information content (AvgIpc) is 3.78. The van der Waals surface area contributed by atoms with Gasteiger partial charge >= 0.3 is 0 Å². The Morgan fingerprint density at radius 3 is 1.86 bits per heavy atom. The second kappa shape index (κ2) is 9.65. The van der Waals surface area contributed by atoms with E-state index in [-0.39, 0.29) is 0 Å². The Morgan fingerprint density at radius 2 is 1.08 bits per heavy atom. The molecule has 1 heterocycles. The summed E-state index contributed by atoms with van der Waals surface area (Å²) in [5.41, 5.74) is 16.0. The van der Waals surface area contributed by atoms with Gasteiger partial charge in [-0.05, 0) is 95.4 Å². The van der Waals surface area contributed by atoms with Crippen molar-refractivity contribution in [2.45, 2.75) is 5.41 Å². The number of aryl methyl sites for hydroxylation is 1. The monoisotopic (exact) mass is 622 g/mol. The minimum atomic E-state index is -0.434. The summed E-state index contributed by atoms with van der Waals surface area (Å²) in [4.78, 5) is 5.18. The molecule has 1 spiro atoms. The van der Waals surface area contributed by atoms with Crippen molar-refractivity contribution < 1.29 is 0 Å². The van der Waals surface area contributed by atoms with Gasteiger partial charge in [0.1, 0.15) is 5.82 Å². The third-order valence-electron chi connectivity index (χ3n) is 11.2. The standard InChI is InChI=1S/C47H30N2/c1-49-43-26-24-31(27-42(43)48-46(49)30-14-3-2-4-15-30)37-28-41-45(36-20-8-7-17-33(36)37)44-32-16-6-5-13-29(32)23-25-40(44)47(41)38-21-11-9-18-34(38)35-19-10-12-22-39(35)47/h2-28H,1H3. The van der Waals surface area contributed by atoms with E-state index in [4.69, 9.17) is 4.98 Å². The second-order valence-corrected chi connectivity index (χ2v) is 13.5. The van der Waals surface area contributed by atoms with E-state index in [1.54, 1.807) is 0 Å². The van der Waals surface area contributed by atoms with Crippen LogP contribution in [0, 0.1) is 0 Å². The molecule has 49 heavy (non-hydrogen) atoms. The van der Waals surface area contributed by atoms with Gasteiger partial charge in [0, 0.05) is 12.6 Å². The summed E-state index contributed by atoms with van der Waals surface area (Å²) < 4.78 is 2.21. The zero-order valence-electron chi connectivity index (χ0n) is 27.0. The van der Waals surface area contributed by atoms with E-state index in [1.807, 2.05) is 0 Å². The highest BCUT2D eigenvalue weighted by molar-refractivity contribution is 6.16. The van der Waals surface area contributed by atoms with Crippen molar-refractivity contribution in [3.63, 3.8) is 0 Å². The first-order chi connectivity index (χ1) is 24.2. The summed E-state index contributed by atoms with van der Waals surface area (Å²) in [7, 11) is 2.11. The molecule has 9 aromatic rings. The number of aromatic nitrogens is 2. The Kier molecular flexibility index (Phi) is 5.28. The number of imidazole rings is 1. The van der Waals surface area contributed by atoms with Gasteiger partial charge in [0.15, 0.2) is 0 Å². The van der Waals surface area contributed by atoms with Crippen molar-refractivity contribution in [2.75, 3.05) is 0 Å². The van der Waals surface area contributed by atoms with Gasteiger partial charge in [-0.3, -0.25) is 0 Å². The molecule has 0 saturated carbocycles. The van der Waals surface area contributed by atoms with Gasteiger partial charge in [0.2, 0.25) is 0 Å². The molecule has 0 N–H and O–H groups in total. The predicted octanol–water partition coefficient (Wildman–Crippen LogP) is 11.6. The molecular weight excluding hydrogens is 593 g/mol. The van der Waals surface area contributed by atoms with Crippen LogP contribution >= 0.6 is 0 Å². The molecule has 2 aliphatic rings. The maximum atomic E-state index is 5.18. The molecule has 0 unspecified atom stereocenters. The number of hydrogen-bond donors (Lipinski definition) is 0. The Hall–Kier alpha value is -6.25. The molecule has 0 amide bonds. The molecule has 8 aromatic carbocycles. The zero-order chi connectivity index (χ0) is 32.3. The maximum Gasteiger partial charge on any atom is 0.140 e. The summed E-state index contributed by atoms with van der Waals surface area (Å²) in [6.45, 7) is 0. The van der Waals surface area contributed by atoms with Crippen molar-refractivity contribution in [3.8, 4) is 44.8 Å². The number of rotatable bonds is 2. The predicted molar refractivity (Wildman–Crippen MR) is 203 cm³/mol. The quantitative estimate of drug-likeness (QED) is 0.188. The van der Waals surface area contributed by atoms with E-state index in [1.165, 1.54) is 77.2 Å². The second-order valence-electron chi connectivity index (χ2n) is 13.5. The first kappa shape index (κ1) is 26.8. The van der Waals surface area contributed by atoms with Gasteiger partial charge in [0.25, 0.3) is 0 Å². The van der Waals surface area contributed by atoms with E-state index < -0.39 is 5.41 Å². The van der Waals surface area contributed by atoms with Crippen LogP contribution in [0.15, 0.2) is 164 Å². The normalized spacial score (nSPS) is 13.6. The van der Waals surface area contributed by atoms with Crippen molar-refractivity contribution in [2.24, 2.45) is 7.05 Å². The molecule has 0 radical (unpaired) electrons. The molecule has 0 bridgehead atoms. The molecule has 2 nitrogen and oxygen atoms in total. The van der Waals surface area contributed by atoms with E-state index >= 15 is 0 Å². The fourth-order valence-corrected chi connectivity index (χ4v) is 9.21. The topological polar surface area (TPSA) is 17.8 Å². The van der Waals surface area contributed by atoms with Crippen molar-refractivity contribution >= 4 is 32.6 Å². The minimum Gasteiger partial charge on any atom is -0.327 e. The lowest BCUT2D eigenvalue weighted by Gasteiger charge is -2.31. The third-order valence-corrected chi connectivity index (χ3v) is 11.2. The SMILES string of the molecule is Cn1c(-c2ccccc2)nc2cc(-c3cc4c(c5ccccc35)-c3c(ccc5ccccc35)C43c4ccccc4-c4ccccc43)ccc21. The van der Waals surface area contributed by atoms with Gasteiger partial charge in [-0.15, -0.1) is 0 Å². The van der Waals surface area contributed by atoms with Crippen LogP contribution in [0.25, 0.3) is 77.3 Å². The number of fused-ring (bicyclic) bond motifs is 15. The molecule has 0 fully saturated rings. The van der Waals surface area contributed by atoms with Crippen LogP contribution in [0.4, 0.5) is 0 Å². The summed E-state index contributed by atoms with van der Waals surface area (Å²) in [5, 5.41) is 5.13. The fraction of sp³-hybridized carbons (Fsp3) is 0.0426. The van der Waals surface area contributed by atoms with Crippen molar-refractivity contribution in [3.05, 3.63) is 186 Å². The Balaban J connectivity index is 1.27. The molecule has 2 heteroatoms. The molecule has 2 aliphatic carbocycles. The minimum absolute atomic E-state index is 0.434. The highest BCUT2D eigenvalue weighted by Crippen LogP contribution is 2.65. The van der Waals surface area contributed by atoms with Crippen LogP contribution in [-0.2, 0) is 12.5 Å². The maximum absolute atomic E-state index is 5.18. The molecule has 0 atom stereocenters. The van der Waals surface area contributed by atoms with Gasteiger partial charge in [-0.2, -0.15) is 0 Å². The first-order valence-corrected chi connectivity index (χ1v) is 17.0. The lowest BCUT2D eigenvalue weighted by Crippen LogP contribution is -2.26. The van der Waals surface area contributed by atoms with Crippen molar-refractivity contribution in [1.82, 2.24) is 9.55 Å². The number of benzene rings is 8. The van der Waals surface area contributed by atoms with Crippen LogP contribution in [0.3, 0.4) is 0 Å². The summed E-state index contributed by atoms with van der Waals surface area (Å²) >= 11 is 0. The summed E-state index contributed by atoms with van der Waals surface area (Å²) in [5.74, 6) is 0.979. The molecular formula is C47H30N2. The summed E-state index contributed by atoms with van der Waals surface area (Å²) in [6.07, 6.45) is 0. The van der Waals surface area contributed by atoms with Gasteiger partial charge in [-0.25, -0.2) is 4.98 Å². The van der Waals surface area contributed by atoms with Crippen LogP contribution in [0.2, 0.25) is 0 Å². The Morgan fingerprint density at radius 1 is 0.449 bits per heavy atom. The van der Waals surface area contributed by atoms with Gasteiger partial charge in [0.05, 0.1) is 16.4 Å². The first-order valence-electron chi connectivity index (χ1n) is 17.0. The molecule has 11 rings (SSSR count). The third kappa shape index (κ3) is 3.38. The van der Waals surface area contributed by atoms with Gasteiger partial charge < -0.3 is 4.57 Å². The lowest BCUT2D eigenvalue weighted by molar-refractivity contribution is 0.795. The summed E-state index contributed by atoms with van der Waals surface area (Å²) in [6, 6.07) is 60.6. The van der Waals surface area contributed by atoms with Crippen LogP contribution in [0.1, 0.15) is 22.3 Å². The van der Waals surface area contributed by atoms with Crippen LogP contribution in [-0.4, -0.2) is 9.55 Å². The van der Waals surface area contributed by atoms with E-state index in [0.29, 0.717) is 0 Å². The lowest BCUT2D eigenvalue weighted by atomic mass is 9.70. The van der Waals surface area contributed by atoms with E-state index in [0.717, 1.165) is 22.4 Å². The molecule has 0 aliphatic heterocycles. The average molecular weight is 623 g/mol. The van der Waals surface area contributed by atoms with Crippen LogP contribution < -0.4 is 0 Å². The van der Waals surface area contributed by atoms with Crippen molar-refractivity contribution in [1.29, 1.82) is 0 Å². The smallest absolute Gasteiger partial charge is 0.140 e. The zero-order valence-corrected chi connectivity index (χ0v) is 27.0. The largest absolute Gasteiger partial charge is 0.327 e. The Labute approximate surface area is 284 Å². The highest BCUT2D eigenvalue weighted by atomic mass is 15.1. The number of hydrogen-bond acceptors (Lipinski definition) is 1. The Bertz CT molecular complexity index is 2790.